The molecule has 0 unspecified atom stereocenters. The van der Waals surface area contributed by atoms with Gasteiger partial charge in [-0.05, 0) is 64.3 Å². The summed E-state index contributed by atoms with van der Waals surface area (Å²) in [4.78, 5) is 32.2. The summed E-state index contributed by atoms with van der Waals surface area (Å²) >= 11 is 11.4. The van der Waals surface area contributed by atoms with Crippen molar-refractivity contribution in [1.82, 2.24) is 14.7 Å². The van der Waals surface area contributed by atoms with Crippen LogP contribution in [-0.4, -0.2) is 56.9 Å². The summed E-state index contributed by atoms with van der Waals surface area (Å²) in [5.41, 5.74) is 2.82. The molecule has 4 aromatic heterocycles. The first-order valence-electron chi connectivity index (χ1n) is 12.1. The summed E-state index contributed by atoms with van der Waals surface area (Å²) in [5, 5.41) is 14.9. The van der Waals surface area contributed by atoms with Crippen LogP contribution in [0.5, 0.6) is 0 Å². The van der Waals surface area contributed by atoms with Gasteiger partial charge in [-0.3, -0.25) is 9.59 Å². The molecule has 44 heavy (non-hydrogen) atoms. The lowest BCUT2D eigenvalue weighted by molar-refractivity contribution is -0.115. The maximum atomic E-state index is 12.3. The Kier molecular flexibility index (Phi) is 13.1. The van der Waals surface area contributed by atoms with Crippen LogP contribution in [0.3, 0.4) is 0 Å². The molecule has 0 aliphatic carbocycles. The van der Waals surface area contributed by atoms with Crippen molar-refractivity contribution >= 4 is 129 Å². The number of amides is 2. The van der Waals surface area contributed by atoms with Crippen LogP contribution >= 0.6 is 87.9 Å². The molecule has 21 heteroatoms. The van der Waals surface area contributed by atoms with Gasteiger partial charge in [-0.15, -0.1) is 22.7 Å². The highest BCUT2D eigenvalue weighted by atomic mass is 79.9. The number of nitrogens with one attached hydrogen (secondary N) is 3. The number of aliphatic hydroxyl groups excluding tert-OH is 1. The molecular weight excluding hydrogens is 846 g/mol. The van der Waals surface area contributed by atoms with Crippen molar-refractivity contribution in [2.75, 3.05) is 23.8 Å². The van der Waals surface area contributed by atoms with Crippen molar-refractivity contribution in [3.8, 4) is 20.9 Å². The molecule has 0 aliphatic heterocycles. The standard InChI is InChI=1S/C13H16BrN3O4S3.C10H8BrClN2O3S3/c1-7-11(23-13(16-7)17-8(2)19)9-6-10(22-12(9)14)24(20,21)15-4-3-5-18;1-4-8(19-10(13-4)14-5(2)15)6-3-7(18-9(6)11)20(12,16)17/h6,15,18H,3-5H2,1-2H3,(H,16,17,19);3H,1-2H3,(H,13,14,15). The van der Waals surface area contributed by atoms with Crippen molar-refractivity contribution in [1.29, 1.82) is 0 Å². The molecule has 4 heterocycles. The minimum Gasteiger partial charge on any atom is -0.396 e. The SMILES string of the molecule is CC(=O)Nc1nc(C)c(-c2cc(S(=O)(=O)Cl)sc2Br)s1.CC(=O)Nc1nc(C)c(-c2cc(S(=O)(=O)NCCCO)sc2Br)s1. The summed E-state index contributed by atoms with van der Waals surface area (Å²) in [6, 6.07) is 3.07. The zero-order chi connectivity index (χ0) is 33.0. The van der Waals surface area contributed by atoms with E-state index in [1.807, 2.05) is 0 Å². The third-order valence-corrected chi connectivity index (χ3v) is 15.0. The van der Waals surface area contributed by atoms with Crippen LogP contribution in [0.1, 0.15) is 31.7 Å². The second kappa shape index (κ2) is 15.5. The molecule has 240 valence electrons. The van der Waals surface area contributed by atoms with Gasteiger partial charge in [0.2, 0.25) is 21.8 Å². The van der Waals surface area contributed by atoms with Crippen LogP contribution in [0.25, 0.3) is 20.9 Å². The summed E-state index contributed by atoms with van der Waals surface area (Å²) in [5.74, 6) is -0.422. The van der Waals surface area contributed by atoms with E-state index in [2.05, 4.69) is 57.2 Å². The van der Waals surface area contributed by atoms with Gasteiger partial charge in [0, 0.05) is 48.8 Å². The lowest BCUT2D eigenvalue weighted by atomic mass is 10.2. The van der Waals surface area contributed by atoms with E-state index >= 15 is 0 Å². The molecule has 4 aromatic rings. The Morgan fingerprint density at radius 2 is 1.27 bits per heavy atom. The number of thiophene rings is 2. The number of thiazole rings is 2. The number of aliphatic hydroxyl groups is 1. The summed E-state index contributed by atoms with van der Waals surface area (Å²) in [7, 11) is -2.05. The second-order valence-corrected chi connectivity index (χ2v) is 20.2. The maximum absolute atomic E-state index is 12.3. The van der Waals surface area contributed by atoms with Crippen LogP contribution in [0, 0.1) is 13.8 Å². The first-order valence-corrected chi connectivity index (χ1v) is 20.7. The van der Waals surface area contributed by atoms with Crippen molar-refractivity contribution in [2.24, 2.45) is 0 Å². The number of carbonyl (C=O) groups is 2. The molecule has 0 radical (unpaired) electrons. The van der Waals surface area contributed by atoms with E-state index in [0.717, 1.165) is 32.4 Å². The Bertz CT molecular complexity index is 1900. The monoisotopic (exact) mass is 867 g/mol. The second-order valence-electron chi connectivity index (χ2n) is 8.65. The van der Waals surface area contributed by atoms with Gasteiger partial charge in [0.15, 0.2) is 10.3 Å². The van der Waals surface area contributed by atoms with E-state index in [1.165, 1.54) is 42.6 Å². The normalized spacial score (nSPS) is 11.6. The molecule has 0 saturated carbocycles. The Morgan fingerprint density at radius 3 is 1.66 bits per heavy atom. The number of hydrogen-bond donors (Lipinski definition) is 4. The van der Waals surface area contributed by atoms with Gasteiger partial charge < -0.3 is 15.7 Å². The molecule has 12 nitrogen and oxygen atoms in total. The van der Waals surface area contributed by atoms with Gasteiger partial charge in [-0.25, -0.2) is 31.5 Å². The van der Waals surface area contributed by atoms with E-state index in [4.69, 9.17) is 15.8 Å². The highest BCUT2D eigenvalue weighted by Gasteiger charge is 2.23. The molecule has 0 aliphatic rings. The van der Waals surface area contributed by atoms with E-state index in [0.29, 0.717) is 46.8 Å². The zero-order valence-electron chi connectivity index (χ0n) is 23.2. The van der Waals surface area contributed by atoms with Crippen LogP contribution in [0.15, 0.2) is 28.1 Å². The highest BCUT2D eigenvalue weighted by Crippen LogP contribution is 2.44. The number of carbonyl (C=O) groups excluding carboxylic acids is 2. The van der Waals surface area contributed by atoms with Gasteiger partial charge in [0.1, 0.15) is 8.42 Å². The number of aryl methyl sites for hydroxylation is 2. The topological polar surface area (TPSA) is 185 Å². The molecule has 0 spiro atoms. The van der Waals surface area contributed by atoms with Crippen LogP contribution in [-0.2, 0) is 28.7 Å². The molecule has 0 atom stereocenters. The number of anilines is 2. The number of hydrogen-bond acceptors (Lipinski definition) is 13. The van der Waals surface area contributed by atoms with Gasteiger partial charge in [0.25, 0.3) is 9.05 Å². The Labute approximate surface area is 291 Å². The number of aromatic nitrogens is 2. The van der Waals surface area contributed by atoms with Crippen molar-refractivity contribution in [3.05, 3.63) is 31.1 Å². The fourth-order valence-corrected chi connectivity index (χ4v) is 12.4. The zero-order valence-corrected chi connectivity index (χ0v) is 32.0. The van der Waals surface area contributed by atoms with Crippen molar-refractivity contribution < 1.29 is 31.5 Å². The lowest BCUT2D eigenvalue weighted by Gasteiger charge is -2.02. The number of rotatable bonds is 10. The Hall–Kier alpha value is -1.33. The lowest BCUT2D eigenvalue weighted by Crippen LogP contribution is -2.24. The first kappa shape index (κ1) is 37.1. The van der Waals surface area contributed by atoms with Crippen molar-refractivity contribution in [3.63, 3.8) is 0 Å². The van der Waals surface area contributed by atoms with Crippen LogP contribution < -0.4 is 15.4 Å². The molecule has 0 bridgehead atoms. The fraction of sp³-hybridized carbons (Fsp3) is 0.304. The van der Waals surface area contributed by atoms with Crippen LogP contribution in [0.4, 0.5) is 10.3 Å². The minimum absolute atomic E-state index is 0.0647. The van der Waals surface area contributed by atoms with E-state index < -0.39 is 19.1 Å². The van der Waals surface area contributed by atoms with Gasteiger partial charge in [-0.2, -0.15) is 0 Å². The molecule has 4 rings (SSSR count). The van der Waals surface area contributed by atoms with Gasteiger partial charge >= 0.3 is 0 Å². The third kappa shape index (κ3) is 9.84. The Morgan fingerprint density at radius 1 is 0.841 bits per heavy atom. The molecule has 2 amide bonds. The van der Waals surface area contributed by atoms with Gasteiger partial charge in [0.05, 0.1) is 28.7 Å². The Balaban J connectivity index is 0.000000244. The largest absolute Gasteiger partial charge is 0.396 e. The highest BCUT2D eigenvalue weighted by molar-refractivity contribution is 9.11. The minimum atomic E-state index is -3.76. The maximum Gasteiger partial charge on any atom is 0.270 e. The average molecular weight is 870 g/mol. The average Bonchev–Trinajstić information content (AvgIpc) is 3.64. The van der Waals surface area contributed by atoms with Crippen LogP contribution in [0.2, 0.25) is 0 Å². The van der Waals surface area contributed by atoms with Crippen molar-refractivity contribution in [2.45, 2.75) is 42.5 Å². The summed E-state index contributed by atoms with van der Waals surface area (Å²) in [6.45, 7) is 6.49. The number of sulfonamides is 1. The fourth-order valence-electron chi connectivity index (χ4n) is 3.31. The number of halogens is 3. The summed E-state index contributed by atoms with van der Waals surface area (Å²) in [6.07, 6.45) is 0.354. The molecular formula is C23H24Br2ClN5O7S6. The first-order chi connectivity index (χ1) is 20.4. The molecule has 0 aromatic carbocycles. The number of nitrogens with zero attached hydrogens (tertiary/aromatic N) is 2. The molecule has 4 N–H and O–H groups in total. The molecule has 0 fully saturated rings. The quantitative estimate of drug-likeness (QED) is 0.104. The predicted octanol–water partition coefficient (Wildman–Crippen LogP) is 6.39. The summed E-state index contributed by atoms with van der Waals surface area (Å²) < 4.78 is 51.2. The van der Waals surface area contributed by atoms with E-state index in [1.54, 1.807) is 19.9 Å². The van der Waals surface area contributed by atoms with E-state index in [9.17, 15) is 26.4 Å². The van der Waals surface area contributed by atoms with E-state index in [-0.39, 0.29) is 33.4 Å². The predicted molar refractivity (Wildman–Crippen MR) is 184 cm³/mol. The molecule has 0 saturated heterocycles. The van der Waals surface area contributed by atoms with Gasteiger partial charge in [-0.1, -0.05) is 22.7 Å². The smallest absolute Gasteiger partial charge is 0.270 e. The third-order valence-electron chi connectivity index (χ3n) is 5.11.